The Kier molecular flexibility index (Phi) is 3.73. The normalized spacial score (nSPS) is 12.0. The molecule has 1 aromatic rings. The predicted octanol–water partition coefficient (Wildman–Crippen LogP) is 2.89. The van der Waals surface area contributed by atoms with Crippen LogP contribution in [0.4, 0.5) is 0 Å². The Morgan fingerprint density at radius 1 is 1.21 bits per heavy atom. The van der Waals surface area contributed by atoms with Gasteiger partial charge in [-0.05, 0) is 24.2 Å². The van der Waals surface area contributed by atoms with Crippen LogP contribution in [0, 0.1) is 17.8 Å². The van der Waals surface area contributed by atoms with E-state index in [9.17, 15) is 0 Å². The zero-order chi connectivity index (χ0) is 10.7. The first-order chi connectivity index (χ1) is 6.50. The Morgan fingerprint density at radius 3 is 2.14 bits per heavy atom. The van der Waals surface area contributed by atoms with E-state index >= 15 is 0 Å². The smallest absolute Gasteiger partial charge is 0.0946 e. The molecule has 80 valence electrons. The molecule has 0 bridgehead atoms. The van der Waals surface area contributed by atoms with E-state index in [1.165, 1.54) is 5.69 Å². The zero-order valence-corrected chi connectivity index (χ0v) is 9.99. The fraction of sp³-hybridized carbons (Fsp3) is 0.750. The van der Waals surface area contributed by atoms with Gasteiger partial charge < -0.3 is 4.57 Å². The van der Waals surface area contributed by atoms with Gasteiger partial charge in [0.15, 0.2) is 0 Å². The van der Waals surface area contributed by atoms with Gasteiger partial charge in [0.05, 0.1) is 12.0 Å². The molecule has 0 atom stereocenters. The Hall–Kier alpha value is -0.790. The lowest BCUT2D eigenvalue weighted by Gasteiger charge is -2.23. The summed E-state index contributed by atoms with van der Waals surface area (Å²) < 4.78 is 2.02. The number of aromatic nitrogens is 2. The van der Waals surface area contributed by atoms with Crippen LogP contribution < -0.4 is 0 Å². The van der Waals surface area contributed by atoms with Gasteiger partial charge in [0.1, 0.15) is 0 Å². The maximum absolute atomic E-state index is 4.38. The summed E-state index contributed by atoms with van der Waals surface area (Å²) in [6, 6.07) is 0. The summed E-state index contributed by atoms with van der Waals surface area (Å²) in [5.74, 6) is 2.21. The Morgan fingerprint density at radius 2 is 1.79 bits per heavy atom. The molecule has 0 aliphatic heterocycles. The van der Waals surface area contributed by atoms with Crippen molar-refractivity contribution >= 4 is 0 Å². The van der Waals surface area contributed by atoms with Gasteiger partial charge in [-0.15, -0.1) is 0 Å². The highest BCUT2D eigenvalue weighted by Crippen LogP contribution is 2.24. The standard InChI is InChI=1S/C12H22N2/c1-9(2)12(10(3)4)6-11-7-14(5)8-13-11/h7-10,12H,6H2,1-5H3. The molecule has 0 aliphatic rings. The van der Waals surface area contributed by atoms with Crippen LogP contribution in [0.3, 0.4) is 0 Å². The van der Waals surface area contributed by atoms with Crippen molar-refractivity contribution in [2.45, 2.75) is 34.1 Å². The van der Waals surface area contributed by atoms with Crippen molar-refractivity contribution in [3.63, 3.8) is 0 Å². The maximum atomic E-state index is 4.38. The van der Waals surface area contributed by atoms with E-state index in [4.69, 9.17) is 0 Å². The number of rotatable bonds is 4. The van der Waals surface area contributed by atoms with Crippen molar-refractivity contribution in [3.05, 3.63) is 18.2 Å². The van der Waals surface area contributed by atoms with Crippen LogP contribution in [0.15, 0.2) is 12.5 Å². The highest BCUT2D eigenvalue weighted by atomic mass is 15.0. The monoisotopic (exact) mass is 194 g/mol. The van der Waals surface area contributed by atoms with Crippen molar-refractivity contribution in [2.24, 2.45) is 24.8 Å². The molecular formula is C12H22N2. The van der Waals surface area contributed by atoms with Gasteiger partial charge in [-0.2, -0.15) is 0 Å². The molecule has 0 saturated carbocycles. The van der Waals surface area contributed by atoms with Crippen LogP contribution in [-0.4, -0.2) is 9.55 Å². The van der Waals surface area contributed by atoms with E-state index in [2.05, 4.69) is 38.9 Å². The highest BCUT2D eigenvalue weighted by Gasteiger charge is 2.18. The quantitative estimate of drug-likeness (QED) is 0.720. The molecule has 2 heteroatoms. The molecule has 2 nitrogen and oxygen atoms in total. The first kappa shape index (κ1) is 11.3. The molecule has 0 saturated heterocycles. The number of nitrogens with zero attached hydrogens (tertiary/aromatic N) is 2. The van der Waals surface area contributed by atoms with Crippen LogP contribution in [0.2, 0.25) is 0 Å². The third kappa shape index (κ3) is 2.86. The third-order valence-corrected chi connectivity index (χ3v) is 2.92. The largest absolute Gasteiger partial charge is 0.340 e. The molecule has 0 aromatic carbocycles. The first-order valence-corrected chi connectivity index (χ1v) is 5.47. The molecule has 1 rings (SSSR count). The van der Waals surface area contributed by atoms with Crippen LogP contribution in [0.25, 0.3) is 0 Å². The number of imidazole rings is 1. The van der Waals surface area contributed by atoms with Gasteiger partial charge in [0.2, 0.25) is 0 Å². The summed E-state index contributed by atoms with van der Waals surface area (Å²) in [5, 5.41) is 0. The molecule has 0 aliphatic carbocycles. The fourth-order valence-electron chi connectivity index (χ4n) is 2.06. The van der Waals surface area contributed by atoms with E-state index in [0.717, 1.165) is 24.2 Å². The molecule has 0 amide bonds. The number of hydrogen-bond acceptors (Lipinski definition) is 1. The van der Waals surface area contributed by atoms with Gasteiger partial charge in [0, 0.05) is 13.2 Å². The lowest BCUT2D eigenvalue weighted by molar-refractivity contribution is 0.284. The minimum absolute atomic E-state index is 0.733. The average Bonchev–Trinajstić information content (AvgIpc) is 2.46. The van der Waals surface area contributed by atoms with E-state index in [0.29, 0.717) is 0 Å². The summed E-state index contributed by atoms with van der Waals surface area (Å²) in [4.78, 5) is 4.38. The van der Waals surface area contributed by atoms with Crippen LogP contribution in [0.5, 0.6) is 0 Å². The maximum Gasteiger partial charge on any atom is 0.0946 e. The number of hydrogen-bond donors (Lipinski definition) is 0. The zero-order valence-electron chi connectivity index (χ0n) is 9.99. The SMILES string of the molecule is CC(C)C(Cc1cn(C)cn1)C(C)C. The van der Waals surface area contributed by atoms with Gasteiger partial charge in [-0.3, -0.25) is 0 Å². The summed E-state index contributed by atoms with van der Waals surface area (Å²) in [6.45, 7) is 9.20. The lowest BCUT2D eigenvalue weighted by atomic mass is 9.82. The highest BCUT2D eigenvalue weighted by molar-refractivity contribution is 4.98. The Balaban J connectivity index is 2.64. The van der Waals surface area contributed by atoms with Crippen LogP contribution in [0.1, 0.15) is 33.4 Å². The molecule has 0 fully saturated rings. The van der Waals surface area contributed by atoms with E-state index in [1.807, 2.05) is 17.9 Å². The topological polar surface area (TPSA) is 17.8 Å². The van der Waals surface area contributed by atoms with Crippen molar-refractivity contribution in [2.75, 3.05) is 0 Å². The molecule has 1 aromatic heterocycles. The van der Waals surface area contributed by atoms with E-state index in [1.54, 1.807) is 0 Å². The van der Waals surface area contributed by atoms with Crippen molar-refractivity contribution in [1.29, 1.82) is 0 Å². The van der Waals surface area contributed by atoms with Gasteiger partial charge in [-0.1, -0.05) is 27.7 Å². The Bertz CT molecular complexity index is 266. The summed E-state index contributed by atoms with van der Waals surface area (Å²) in [5.41, 5.74) is 1.22. The van der Waals surface area contributed by atoms with Crippen molar-refractivity contribution < 1.29 is 0 Å². The minimum atomic E-state index is 0.733. The van der Waals surface area contributed by atoms with Crippen molar-refractivity contribution in [3.8, 4) is 0 Å². The lowest BCUT2D eigenvalue weighted by Crippen LogP contribution is -2.18. The van der Waals surface area contributed by atoms with E-state index in [-0.39, 0.29) is 0 Å². The van der Waals surface area contributed by atoms with E-state index < -0.39 is 0 Å². The predicted molar refractivity (Wildman–Crippen MR) is 60.1 cm³/mol. The second-order valence-corrected chi connectivity index (χ2v) is 4.89. The summed E-state index contributed by atoms with van der Waals surface area (Å²) in [6.07, 6.45) is 5.11. The molecule has 14 heavy (non-hydrogen) atoms. The number of aryl methyl sites for hydroxylation is 1. The van der Waals surface area contributed by atoms with Crippen LogP contribution in [-0.2, 0) is 13.5 Å². The molecule has 0 N–H and O–H groups in total. The third-order valence-electron chi connectivity index (χ3n) is 2.92. The minimum Gasteiger partial charge on any atom is -0.340 e. The van der Waals surface area contributed by atoms with Gasteiger partial charge >= 0.3 is 0 Å². The summed E-state index contributed by atoms with van der Waals surface area (Å²) >= 11 is 0. The van der Waals surface area contributed by atoms with Crippen molar-refractivity contribution in [1.82, 2.24) is 9.55 Å². The molecule has 0 spiro atoms. The van der Waals surface area contributed by atoms with Gasteiger partial charge in [0.25, 0.3) is 0 Å². The molecule has 0 unspecified atom stereocenters. The first-order valence-electron chi connectivity index (χ1n) is 5.47. The van der Waals surface area contributed by atoms with Gasteiger partial charge in [-0.25, -0.2) is 4.98 Å². The van der Waals surface area contributed by atoms with Crippen LogP contribution >= 0.6 is 0 Å². The summed E-state index contributed by atoms with van der Waals surface area (Å²) in [7, 11) is 2.02. The molecular weight excluding hydrogens is 172 g/mol. The second-order valence-electron chi connectivity index (χ2n) is 4.89. The fourth-order valence-corrected chi connectivity index (χ4v) is 2.06. The second kappa shape index (κ2) is 4.63. The average molecular weight is 194 g/mol. The molecule has 0 radical (unpaired) electrons. The molecule has 1 heterocycles. The Labute approximate surface area is 87.4 Å².